The van der Waals surface area contributed by atoms with Crippen LogP contribution in [0.1, 0.15) is 27.6 Å². The molecule has 0 saturated carbocycles. The van der Waals surface area contributed by atoms with Crippen molar-refractivity contribution in [2.45, 2.75) is 24.1 Å². The van der Waals surface area contributed by atoms with Crippen LogP contribution in [0.25, 0.3) is 0 Å². The number of amides is 1. The van der Waals surface area contributed by atoms with Crippen molar-refractivity contribution < 1.29 is 14.3 Å². The number of hydrogen-bond donors (Lipinski definition) is 1. The molecule has 1 aromatic heterocycles. The van der Waals surface area contributed by atoms with Gasteiger partial charge in [-0.2, -0.15) is 5.26 Å². The summed E-state index contributed by atoms with van der Waals surface area (Å²) in [5.74, 6) is 0.554. The lowest BCUT2D eigenvalue weighted by Crippen LogP contribution is -2.20. The number of halogens is 1. The molecule has 0 aliphatic carbocycles. The van der Waals surface area contributed by atoms with Gasteiger partial charge in [-0.25, -0.2) is 4.98 Å². The second-order valence-corrected chi connectivity index (χ2v) is 8.46. The number of nitrogens with one attached hydrogen (secondary N) is 1. The third kappa shape index (κ3) is 5.16. The zero-order valence-corrected chi connectivity index (χ0v) is 19.7. The monoisotopic (exact) mass is 467 g/mol. The second-order valence-electron chi connectivity index (χ2n) is 6.96. The Morgan fingerprint density at radius 1 is 1.12 bits per heavy atom. The van der Waals surface area contributed by atoms with E-state index in [9.17, 15) is 10.1 Å². The Morgan fingerprint density at radius 2 is 1.81 bits per heavy atom. The lowest BCUT2D eigenvalue weighted by Gasteiger charge is -2.19. The molecule has 1 atom stereocenters. The number of nitriles is 1. The van der Waals surface area contributed by atoms with Gasteiger partial charge < -0.3 is 14.8 Å². The Balaban J connectivity index is 2.01. The molecule has 0 fully saturated rings. The van der Waals surface area contributed by atoms with Crippen LogP contribution in [0.3, 0.4) is 0 Å². The average molecular weight is 468 g/mol. The number of hydrogen-bond acceptors (Lipinski definition) is 6. The van der Waals surface area contributed by atoms with E-state index in [4.69, 9.17) is 21.1 Å². The van der Waals surface area contributed by atoms with E-state index in [1.807, 2.05) is 50.2 Å². The molecule has 1 heterocycles. The van der Waals surface area contributed by atoms with Crippen LogP contribution in [-0.4, -0.2) is 25.1 Å². The summed E-state index contributed by atoms with van der Waals surface area (Å²) in [5, 5.41) is 12.7. The molecule has 1 N–H and O–H groups in total. The van der Waals surface area contributed by atoms with Crippen LogP contribution in [0.2, 0.25) is 5.02 Å². The Bertz CT molecular complexity index is 1180. The number of aromatic nitrogens is 1. The van der Waals surface area contributed by atoms with Gasteiger partial charge in [0, 0.05) is 11.8 Å². The van der Waals surface area contributed by atoms with Crippen LogP contribution < -0.4 is 14.8 Å². The van der Waals surface area contributed by atoms with Gasteiger partial charge in [-0.1, -0.05) is 53.7 Å². The average Bonchev–Trinajstić information content (AvgIpc) is 2.78. The molecule has 32 heavy (non-hydrogen) atoms. The normalized spacial score (nSPS) is 11.4. The van der Waals surface area contributed by atoms with Crippen LogP contribution in [0, 0.1) is 25.2 Å². The molecule has 8 heteroatoms. The summed E-state index contributed by atoms with van der Waals surface area (Å²) in [6, 6.07) is 16.6. The summed E-state index contributed by atoms with van der Waals surface area (Å²) in [5.41, 5.74) is 3.25. The first-order valence-electron chi connectivity index (χ1n) is 9.70. The fourth-order valence-electron chi connectivity index (χ4n) is 3.19. The van der Waals surface area contributed by atoms with Crippen LogP contribution in [0.15, 0.2) is 53.6 Å². The summed E-state index contributed by atoms with van der Waals surface area (Å²) in [6.45, 7) is 3.72. The highest BCUT2D eigenvalue weighted by Gasteiger charge is 2.26. The van der Waals surface area contributed by atoms with Gasteiger partial charge in [0.05, 0.1) is 30.5 Å². The summed E-state index contributed by atoms with van der Waals surface area (Å²) in [4.78, 5) is 18.0. The fraction of sp³-hybridized carbons (Fsp3) is 0.208. The zero-order chi connectivity index (χ0) is 23.3. The molecular formula is C24H22ClN3O3S. The smallest absolute Gasteiger partial charge is 0.242 e. The lowest BCUT2D eigenvalue weighted by atomic mass is 10.1. The molecular weight excluding hydrogens is 446 g/mol. The van der Waals surface area contributed by atoms with E-state index in [0.29, 0.717) is 32.8 Å². The van der Waals surface area contributed by atoms with E-state index in [1.165, 1.54) is 26.0 Å². The van der Waals surface area contributed by atoms with Crippen molar-refractivity contribution in [2.75, 3.05) is 19.5 Å². The van der Waals surface area contributed by atoms with Crippen molar-refractivity contribution >= 4 is 35.0 Å². The van der Waals surface area contributed by atoms with E-state index in [2.05, 4.69) is 16.4 Å². The van der Waals surface area contributed by atoms with Gasteiger partial charge in [0.1, 0.15) is 27.8 Å². The van der Waals surface area contributed by atoms with E-state index in [1.54, 1.807) is 12.1 Å². The number of rotatable bonds is 7. The van der Waals surface area contributed by atoms with Crippen LogP contribution in [0.4, 0.5) is 5.69 Å². The quantitative estimate of drug-likeness (QED) is 0.448. The first kappa shape index (κ1) is 23.5. The van der Waals surface area contributed by atoms with E-state index in [-0.39, 0.29) is 5.91 Å². The molecule has 1 amide bonds. The predicted molar refractivity (Wildman–Crippen MR) is 127 cm³/mol. The molecule has 6 nitrogen and oxygen atoms in total. The van der Waals surface area contributed by atoms with Gasteiger partial charge in [-0.05, 0) is 37.1 Å². The summed E-state index contributed by atoms with van der Waals surface area (Å²) < 4.78 is 10.6. The largest absolute Gasteiger partial charge is 0.495 e. The van der Waals surface area contributed by atoms with E-state index >= 15 is 0 Å². The molecule has 0 spiro atoms. The van der Waals surface area contributed by atoms with E-state index < -0.39 is 5.25 Å². The second kappa shape index (κ2) is 10.4. The number of carbonyl (C=O) groups excluding carboxylic acids is 1. The Hall–Kier alpha value is -3.21. The maximum absolute atomic E-state index is 13.4. The van der Waals surface area contributed by atoms with Gasteiger partial charge in [-0.15, -0.1) is 0 Å². The number of anilines is 1. The molecule has 0 radical (unpaired) electrons. The molecule has 0 saturated heterocycles. The highest BCUT2D eigenvalue weighted by molar-refractivity contribution is 8.00. The van der Waals surface area contributed by atoms with Crippen LogP contribution >= 0.6 is 23.4 Å². The minimum atomic E-state index is -0.664. The first-order chi connectivity index (χ1) is 15.4. The number of pyridine rings is 1. The van der Waals surface area contributed by atoms with Gasteiger partial charge in [-0.3, -0.25) is 4.79 Å². The fourth-order valence-corrected chi connectivity index (χ4v) is 4.64. The molecule has 0 aliphatic rings. The Morgan fingerprint density at radius 3 is 2.44 bits per heavy atom. The van der Waals surface area contributed by atoms with Gasteiger partial charge in [0.2, 0.25) is 5.91 Å². The highest BCUT2D eigenvalue weighted by Crippen LogP contribution is 2.40. The SMILES string of the molecule is COc1cc(OC)c(NC(=O)C(Sc2nc(C)cc(C)c2C#N)c2ccccc2)cc1Cl. The maximum atomic E-state index is 13.4. The summed E-state index contributed by atoms with van der Waals surface area (Å²) in [6.07, 6.45) is 0. The third-order valence-corrected chi connectivity index (χ3v) is 6.26. The molecule has 2 aromatic carbocycles. The Kier molecular flexibility index (Phi) is 7.62. The molecule has 1 unspecified atom stereocenters. The molecule has 0 aliphatic heterocycles. The summed E-state index contributed by atoms with van der Waals surface area (Å²) >= 11 is 7.49. The molecule has 0 bridgehead atoms. The third-order valence-electron chi connectivity index (χ3n) is 4.73. The van der Waals surface area contributed by atoms with E-state index in [0.717, 1.165) is 16.8 Å². The molecule has 3 rings (SSSR count). The highest BCUT2D eigenvalue weighted by atomic mass is 35.5. The van der Waals surface area contributed by atoms with Crippen LogP contribution in [0.5, 0.6) is 11.5 Å². The lowest BCUT2D eigenvalue weighted by molar-refractivity contribution is -0.115. The zero-order valence-electron chi connectivity index (χ0n) is 18.1. The van der Waals surface area contributed by atoms with Crippen molar-refractivity contribution in [1.29, 1.82) is 5.26 Å². The van der Waals surface area contributed by atoms with Crippen molar-refractivity contribution in [3.05, 3.63) is 75.9 Å². The molecule has 3 aromatic rings. The summed E-state index contributed by atoms with van der Waals surface area (Å²) in [7, 11) is 3.00. The molecule has 164 valence electrons. The Labute approximate surface area is 196 Å². The van der Waals surface area contributed by atoms with Crippen molar-refractivity contribution in [3.63, 3.8) is 0 Å². The van der Waals surface area contributed by atoms with Gasteiger partial charge in [0.25, 0.3) is 0 Å². The van der Waals surface area contributed by atoms with Crippen molar-refractivity contribution in [3.8, 4) is 17.6 Å². The standard InChI is InChI=1S/C24H22ClN3O3S/c1-14-10-15(2)27-24(17(14)13-26)32-22(16-8-6-5-7-9-16)23(29)28-19-11-18(25)20(30-3)12-21(19)31-4/h5-12,22H,1-4H3,(H,28,29). The number of thioether (sulfide) groups is 1. The minimum absolute atomic E-state index is 0.300. The maximum Gasteiger partial charge on any atom is 0.242 e. The van der Waals surface area contributed by atoms with Gasteiger partial charge in [0.15, 0.2) is 0 Å². The number of aryl methyl sites for hydroxylation is 2. The van der Waals surface area contributed by atoms with Crippen molar-refractivity contribution in [2.24, 2.45) is 0 Å². The number of nitrogens with zero attached hydrogens (tertiary/aromatic N) is 2. The topological polar surface area (TPSA) is 84.2 Å². The number of ether oxygens (including phenoxy) is 2. The van der Waals surface area contributed by atoms with Gasteiger partial charge >= 0.3 is 0 Å². The predicted octanol–water partition coefficient (Wildman–Crippen LogP) is 5.71. The number of benzene rings is 2. The number of carbonyl (C=O) groups is 1. The van der Waals surface area contributed by atoms with Crippen molar-refractivity contribution in [1.82, 2.24) is 4.98 Å². The van der Waals surface area contributed by atoms with Crippen LogP contribution in [-0.2, 0) is 4.79 Å². The first-order valence-corrected chi connectivity index (χ1v) is 11.0. The minimum Gasteiger partial charge on any atom is -0.495 e. The number of methoxy groups -OCH3 is 2.